The molecule has 0 radical (unpaired) electrons. The van der Waals surface area contributed by atoms with Crippen molar-refractivity contribution in [1.29, 1.82) is 0 Å². The average Bonchev–Trinajstić information content (AvgIpc) is 1.83. The zero-order chi connectivity index (χ0) is 6.85. The molecule has 0 aliphatic heterocycles. The van der Waals surface area contributed by atoms with Crippen LogP contribution in [-0.4, -0.2) is 7.85 Å². The second-order valence-corrected chi connectivity index (χ2v) is 5.52. The molecule has 52 valence electrons. The summed E-state index contributed by atoms with van der Waals surface area (Å²) in [5.74, 6) is 0.779. The average molecular weight is 348 g/mol. The number of alkyl halides is 2. The summed E-state index contributed by atoms with van der Waals surface area (Å²) in [6.45, 7) is 2.29. The second-order valence-electron chi connectivity index (χ2n) is 2.48. The van der Waals surface area contributed by atoms with Gasteiger partial charge in [0.15, 0.2) is 0 Å². The van der Waals surface area contributed by atoms with Crippen LogP contribution in [0, 0.1) is 5.92 Å². The van der Waals surface area contributed by atoms with Crippen molar-refractivity contribution < 1.29 is 0 Å². The van der Waals surface area contributed by atoms with Crippen LogP contribution in [0.15, 0.2) is 12.2 Å². The lowest BCUT2D eigenvalue weighted by molar-refractivity contribution is 0.648. The van der Waals surface area contributed by atoms with Gasteiger partial charge in [-0.05, 0) is 12.3 Å². The van der Waals surface area contributed by atoms with E-state index in [1.807, 2.05) is 0 Å². The first-order valence-electron chi connectivity index (χ1n) is 3.16. The molecule has 0 saturated heterocycles. The summed E-state index contributed by atoms with van der Waals surface area (Å²) >= 11 is 5.09. The number of hydrogen-bond acceptors (Lipinski definition) is 0. The Hall–Kier alpha value is 1.20. The maximum absolute atomic E-state index is 2.55. The van der Waals surface area contributed by atoms with Gasteiger partial charge in [0.1, 0.15) is 0 Å². The van der Waals surface area contributed by atoms with Crippen LogP contribution in [-0.2, 0) is 0 Å². The van der Waals surface area contributed by atoms with E-state index in [0.717, 1.165) is 13.8 Å². The Morgan fingerprint density at radius 1 is 1.44 bits per heavy atom. The Morgan fingerprint density at radius 2 is 2.11 bits per heavy atom. The van der Waals surface area contributed by atoms with E-state index >= 15 is 0 Å². The minimum atomic E-state index is 0.779. The summed E-state index contributed by atoms with van der Waals surface area (Å²) in [5, 5.41) is 0. The van der Waals surface area contributed by atoms with Gasteiger partial charge in [0.2, 0.25) is 0 Å². The Labute approximate surface area is 83.8 Å². The van der Waals surface area contributed by atoms with Crippen LogP contribution in [0.1, 0.15) is 13.3 Å². The molecule has 1 aliphatic rings. The summed E-state index contributed by atoms with van der Waals surface area (Å²) in [6.07, 6.45) is 5.89. The highest BCUT2D eigenvalue weighted by atomic mass is 127. The number of allylic oxidation sites excluding steroid dienone is 2. The molecule has 0 aromatic heterocycles. The minimum Gasteiger partial charge on any atom is -0.0872 e. The topological polar surface area (TPSA) is 0 Å². The Bertz CT molecular complexity index is 120. The molecule has 0 spiro atoms. The largest absolute Gasteiger partial charge is 0.0872 e. The van der Waals surface area contributed by atoms with Crippen molar-refractivity contribution in [3.05, 3.63) is 12.2 Å². The van der Waals surface area contributed by atoms with Gasteiger partial charge in [0.05, 0.1) is 0 Å². The summed E-state index contributed by atoms with van der Waals surface area (Å²) in [5.41, 5.74) is 0. The van der Waals surface area contributed by atoms with E-state index in [9.17, 15) is 0 Å². The zero-order valence-corrected chi connectivity index (χ0v) is 9.66. The maximum atomic E-state index is 2.55. The predicted molar refractivity (Wildman–Crippen MR) is 58.5 cm³/mol. The second kappa shape index (κ2) is 3.55. The smallest absolute Gasteiger partial charge is 0.0290 e. The highest BCUT2D eigenvalue weighted by Gasteiger charge is 2.22. The van der Waals surface area contributed by atoms with E-state index in [0.29, 0.717) is 0 Å². The lowest BCUT2D eigenvalue weighted by Gasteiger charge is -2.23. The summed E-state index contributed by atoms with van der Waals surface area (Å²) < 4.78 is 1.69. The van der Waals surface area contributed by atoms with E-state index in [4.69, 9.17) is 0 Å². The van der Waals surface area contributed by atoms with Gasteiger partial charge >= 0.3 is 0 Å². The lowest BCUT2D eigenvalue weighted by Crippen LogP contribution is -2.22. The molecular weight excluding hydrogens is 338 g/mol. The van der Waals surface area contributed by atoms with E-state index in [2.05, 4.69) is 64.3 Å². The highest BCUT2D eigenvalue weighted by molar-refractivity contribution is 14.1. The van der Waals surface area contributed by atoms with Gasteiger partial charge in [-0.15, -0.1) is 0 Å². The van der Waals surface area contributed by atoms with Gasteiger partial charge in [0.25, 0.3) is 0 Å². The molecule has 0 aromatic rings. The Kier molecular flexibility index (Phi) is 3.27. The van der Waals surface area contributed by atoms with Crippen LogP contribution in [0.3, 0.4) is 0 Å². The first kappa shape index (κ1) is 8.30. The normalized spacial score (nSPS) is 43.2. The van der Waals surface area contributed by atoms with Crippen molar-refractivity contribution in [3.63, 3.8) is 0 Å². The number of hydrogen-bond donors (Lipinski definition) is 0. The molecule has 3 atom stereocenters. The van der Waals surface area contributed by atoms with Crippen LogP contribution in [0.5, 0.6) is 0 Å². The van der Waals surface area contributed by atoms with E-state index in [-0.39, 0.29) is 0 Å². The van der Waals surface area contributed by atoms with E-state index < -0.39 is 0 Å². The molecule has 0 amide bonds. The first-order valence-corrected chi connectivity index (χ1v) is 5.65. The van der Waals surface area contributed by atoms with Crippen LogP contribution in [0.25, 0.3) is 0 Å². The fourth-order valence-electron chi connectivity index (χ4n) is 0.989. The monoisotopic (exact) mass is 348 g/mol. The minimum absolute atomic E-state index is 0.779. The fraction of sp³-hybridized carbons (Fsp3) is 0.714. The molecule has 1 rings (SSSR count). The lowest BCUT2D eigenvalue weighted by atomic mass is 9.98. The molecule has 0 saturated carbocycles. The molecular formula is C7H10I2. The third-order valence-corrected chi connectivity index (χ3v) is 6.31. The number of rotatable bonds is 0. The predicted octanol–water partition coefficient (Wildman–Crippen LogP) is 3.19. The summed E-state index contributed by atoms with van der Waals surface area (Å²) in [7, 11) is 0. The summed E-state index contributed by atoms with van der Waals surface area (Å²) in [6, 6.07) is 0. The molecule has 0 heterocycles. The molecule has 0 fully saturated rings. The Morgan fingerprint density at radius 3 is 2.56 bits per heavy atom. The van der Waals surface area contributed by atoms with Gasteiger partial charge in [-0.1, -0.05) is 64.3 Å². The molecule has 0 bridgehead atoms. The molecule has 9 heavy (non-hydrogen) atoms. The van der Waals surface area contributed by atoms with E-state index in [1.54, 1.807) is 0 Å². The molecule has 0 N–H and O–H groups in total. The number of halogens is 2. The molecule has 1 aliphatic carbocycles. The van der Waals surface area contributed by atoms with Crippen molar-refractivity contribution in [3.8, 4) is 0 Å². The Balaban J connectivity index is 2.58. The van der Waals surface area contributed by atoms with Crippen molar-refractivity contribution in [1.82, 2.24) is 0 Å². The van der Waals surface area contributed by atoms with Gasteiger partial charge in [-0.25, -0.2) is 0 Å². The first-order chi connectivity index (χ1) is 4.22. The quantitative estimate of drug-likeness (QED) is 0.358. The molecule has 3 unspecified atom stereocenters. The SMILES string of the molecule is CC1C=CCC(I)C1I. The molecule has 0 nitrogen and oxygen atoms in total. The van der Waals surface area contributed by atoms with Crippen molar-refractivity contribution in [2.75, 3.05) is 0 Å². The standard InChI is InChI=1S/C7H10I2/c1-5-3-2-4-6(8)7(5)9/h2-3,5-7H,4H2,1H3. The highest BCUT2D eigenvalue weighted by Crippen LogP contribution is 2.30. The van der Waals surface area contributed by atoms with Crippen LogP contribution in [0.4, 0.5) is 0 Å². The third-order valence-electron chi connectivity index (χ3n) is 1.65. The fourth-order valence-corrected chi connectivity index (χ4v) is 2.47. The van der Waals surface area contributed by atoms with Gasteiger partial charge in [0, 0.05) is 7.85 Å². The van der Waals surface area contributed by atoms with Crippen molar-refractivity contribution >= 4 is 45.2 Å². The van der Waals surface area contributed by atoms with E-state index in [1.165, 1.54) is 6.42 Å². The molecule has 0 aromatic carbocycles. The van der Waals surface area contributed by atoms with Gasteiger partial charge in [-0.2, -0.15) is 0 Å². The van der Waals surface area contributed by atoms with Crippen molar-refractivity contribution in [2.24, 2.45) is 5.92 Å². The molecule has 2 heteroatoms. The van der Waals surface area contributed by atoms with Gasteiger partial charge < -0.3 is 0 Å². The van der Waals surface area contributed by atoms with Crippen LogP contribution in [0.2, 0.25) is 0 Å². The van der Waals surface area contributed by atoms with Crippen LogP contribution < -0.4 is 0 Å². The zero-order valence-electron chi connectivity index (χ0n) is 5.35. The van der Waals surface area contributed by atoms with Gasteiger partial charge in [-0.3, -0.25) is 0 Å². The van der Waals surface area contributed by atoms with Crippen LogP contribution >= 0.6 is 45.2 Å². The third kappa shape index (κ3) is 2.06. The van der Waals surface area contributed by atoms with Crippen molar-refractivity contribution in [2.45, 2.75) is 21.2 Å². The maximum Gasteiger partial charge on any atom is 0.0290 e. The summed E-state index contributed by atoms with van der Waals surface area (Å²) in [4.78, 5) is 0.